The summed E-state index contributed by atoms with van der Waals surface area (Å²) in [6, 6.07) is -1.71. The van der Waals surface area contributed by atoms with Gasteiger partial charge in [-0.15, -0.1) is 5.10 Å². The van der Waals surface area contributed by atoms with Gasteiger partial charge >= 0.3 is 6.18 Å². The molecule has 0 aliphatic carbocycles. The molecule has 2 aliphatic rings. The zero-order valence-electron chi connectivity index (χ0n) is 13.3. The zero-order valence-corrected chi connectivity index (χ0v) is 13.3. The fraction of sp³-hybridized carbons (Fsp3) is 0.786. The van der Waals surface area contributed by atoms with Crippen LogP contribution in [0.4, 0.5) is 13.2 Å². The molecule has 2 fully saturated rings. The molecule has 1 atom stereocenters. The lowest BCUT2D eigenvalue weighted by Gasteiger charge is -2.26. The average Bonchev–Trinajstić information content (AvgIpc) is 3.22. The number of likely N-dealkylation sites (tertiary alicyclic amines) is 1. The Morgan fingerprint density at radius 2 is 2.00 bits per heavy atom. The lowest BCUT2D eigenvalue weighted by atomic mass is 10.2. The Morgan fingerprint density at radius 3 is 2.71 bits per heavy atom. The van der Waals surface area contributed by atoms with Crippen LogP contribution in [0.5, 0.6) is 0 Å². The maximum Gasteiger partial charge on any atom is 0.408 e. The highest BCUT2D eigenvalue weighted by molar-refractivity contribution is 5.92. The van der Waals surface area contributed by atoms with Gasteiger partial charge in [-0.05, 0) is 12.8 Å². The molecule has 3 rings (SSSR count). The summed E-state index contributed by atoms with van der Waals surface area (Å²) >= 11 is 0. The van der Waals surface area contributed by atoms with Crippen molar-refractivity contribution < 1.29 is 18.0 Å². The monoisotopic (exact) mass is 346 g/mol. The van der Waals surface area contributed by atoms with Gasteiger partial charge in [0.15, 0.2) is 5.69 Å². The molecule has 7 nitrogen and oxygen atoms in total. The Kier molecular flexibility index (Phi) is 5.04. The predicted molar refractivity (Wildman–Crippen MR) is 79.4 cm³/mol. The van der Waals surface area contributed by atoms with Crippen LogP contribution in [0.2, 0.25) is 0 Å². The molecule has 1 aromatic rings. The van der Waals surface area contributed by atoms with Gasteiger partial charge < -0.3 is 10.2 Å². The number of halogens is 3. The SMILES string of the molecule is O=C(c1cn(CCN2CCNCC2)nn1)N1CCC[C@H]1C(F)(F)F. The van der Waals surface area contributed by atoms with E-state index in [-0.39, 0.29) is 18.7 Å². The molecule has 3 heterocycles. The zero-order chi connectivity index (χ0) is 17.2. The third kappa shape index (κ3) is 3.86. The quantitative estimate of drug-likeness (QED) is 0.852. The normalized spacial score (nSPS) is 23.0. The van der Waals surface area contributed by atoms with Crippen LogP contribution < -0.4 is 5.32 Å². The number of piperazine rings is 1. The maximum absolute atomic E-state index is 13.0. The topological polar surface area (TPSA) is 66.3 Å². The van der Waals surface area contributed by atoms with Gasteiger partial charge in [0.1, 0.15) is 6.04 Å². The Labute approximate surface area is 137 Å². The third-order valence-corrected chi connectivity index (χ3v) is 4.50. The molecule has 0 aromatic carbocycles. The van der Waals surface area contributed by atoms with E-state index >= 15 is 0 Å². The van der Waals surface area contributed by atoms with Crippen LogP contribution in [0.1, 0.15) is 23.3 Å². The molecule has 2 saturated heterocycles. The Balaban J connectivity index is 1.59. The van der Waals surface area contributed by atoms with Crippen LogP contribution in [0, 0.1) is 0 Å². The van der Waals surface area contributed by atoms with Crippen LogP contribution in [0.15, 0.2) is 6.20 Å². The predicted octanol–water partition coefficient (Wildman–Crippen LogP) is 0.350. The molecule has 1 aromatic heterocycles. The first-order chi connectivity index (χ1) is 11.4. The lowest BCUT2D eigenvalue weighted by Crippen LogP contribution is -2.44. The van der Waals surface area contributed by atoms with Crippen molar-refractivity contribution in [1.29, 1.82) is 0 Å². The highest BCUT2D eigenvalue weighted by Crippen LogP contribution is 2.33. The highest BCUT2D eigenvalue weighted by Gasteiger charge is 2.48. The smallest absolute Gasteiger partial charge is 0.325 e. The standard InChI is InChI=1S/C14H21F3N6O/c15-14(16,17)12-2-1-5-23(12)13(24)11-10-22(20-19-11)9-8-21-6-3-18-4-7-21/h10,12,18H,1-9H2/t12-/m0/s1. The maximum atomic E-state index is 13.0. The highest BCUT2D eigenvalue weighted by atomic mass is 19.4. The van der Waals surface area contributed by atoms with Crippen molar-refractivity contribution in [1.82, 2.24) is 30.1 Å². The number of hydrogen-bond donors (Lipinski definition) is 1. The van der Waals surface area contributed by atoms with E-state index in [9.17, 15) is 18.0 Å². The van der Waals surface area contributed by atoms with E-state index in [0.29, 0.717) is 13.0 Å². The van der Waals surface area contributed by atoms with Gasteiger partial charge in [-0.25, -0.2) is 0 Å². The summed E-state index contributed by atoms with van der Waals surface area (Å²) in [4.78, 5) is 15.4. The first-order valence-corrected chi connectivity index (χ1v) is 8.16. The molecule has 24 heavy (non-hydrogen) atoms. The summed E-state index contributed by atoms with van der Waals surface area (Å²) in [6.45, 7) is 5.21. The number of hydrogen-bond acceptors (Lipinski definition) is 5. The first kappa shape index (κ1) is 17.2. The summed E-state index contributed by atoms with van der Waals surface area (Å²) in [5.41, 5.74) is -0.0218. The molecule has 0 spiro atoms. The Hall–Kier alpha value is -1.68. The average molecular weight is 346 g/mol. The number of nitrogens with one attached hydrogen (secondary N) is 1. The van der Waals surface area contributed by atoms with Crippen LogP contribution >= 0.6 is 0 Å². The third-order valence-electron chi connectivity index (χ3n) is 4.50. The number of rotatable bonds is 4. The first-order valence-electron chi connectivity index (χ1n) is 8.16. The van der Waals surface area contributed by atoms with Gasteiger partial charge in [0.2, 0.25) is 0 Å². The summed E-state index contributed by atoms with van der Waals surface area (Å²) in [5, 5.41) is 10.9. The molecule has 1 amide bonds. The number of amides is 1. The van der Waals surface area contributed by atoms with E-state index in [2.05, 4.69) is 20.5 Å². The molecular weight excluding hydrogens is 325 g/mol. The Morgan fingerprint density at radius 1 is 1.25 bits per heavy atom. The van der Waals surface area contributed by atoms with Crippen molar-refractivity contribution in [3.8, 4) is 0 Å². The van der Waals surface area contributed by atoms with E-state index < -0.39 is 18.1 Å². The molecule has 2 aliphatic heterocycles. The summed E-state index contributed by atoms with van der Waals surface area (Å²) in [5.74, 6) is -0.691. The largest absolute Gasteiger partial charge is 0.408 e. The van der Waals surface area contributed by atoms with Crippen LogP contribution in [0.25, 0.3) is 0 Å². The van der Waals surface area contributed by atoms with Crippen LogP contribution in [0.3, 0.4) is 0 Å². The molecule has 0 bridgehead atoms. The van der Waals surface area contributed by atoms with E-state index in [1.54, 1.807) is 0 Å². The minimum Gasteiger partial charge on any atom is -0.325 e. The van der Waals surface area contributed by atoms with Crippen LogP contribution in [-0.4, -0.2) is 82.2 Å². The van der Waals surface area contributed by atoms with Gasteiger partial charge in [-0.3, -0.25) is 14.4 Å². The van der Waals surface area contributed by atoms with Gasteiger partial charge in [0.25, 0.3) is 5.91 Å². The number of carbonyl (C=O) groups is 1. The van der Waals surface area contributed by atoms with E-state index in [0.717, 1.165) is 37.6 Å². The fourth-order valence-corrected chi connectivity index (χ4v) is 3.18. The number of alkyl halides is 3. The minimum absolute atomic E-state index is 0.0218. The molecule has 0 saturated carbocycles. The fourth-order valence-electron chi connectivity index (χ4n) is 3.18. The van der Waals surface area contributed by atoms with Crippen molar-refractivity contribution in [3.63, 3.8) is 0 Å². The number of carbonyl (C=O) groups excluding carboxylic acids is 1. The second-order valence-corrected chi connectivity index (χ2v) is 6.16. The van der Waals surface area contributed by atoms with Gasteiger partial charge in [0, 0.05) is 39.3 Å². The van der Waals surface area contributed by atoms with Crippen molar-refractivity contribution in [2.75, 3.05) is 39.3 Å². The van der Waals surface area contributed by atoms with Crippen LogP contribution in [-0.2, 0) is 6.54 Å². The molecule has 1 N–H and O–H groups in total. The molecular formula is C14H21F3N6O. The van der Waals surface area contributed by atoms with Gasteiger partial charge in [0.05, 0.1) is 12.7 Å². The van der Waals surface area contributed by atoms with Crippen molar-refractivity contribution in [2.45, 2.75) is 31.6 Å². The Bertz CT molecular complexity index is 569. The summed E-state index contributed by atoms with van der Waals surface area (Å²) in [6.07, 6.45) is -2.65. The number of nitrogens with zero attached hydrogens (tertiary/aromatic N) is 5. The van der Waals surface area contributed by atoms with Crippen molar-refractivity contribution in [2.24, 2.45) is 0 Å². The van der Waals surface area contributed by atoms with E-state index in [1.807, 2.05) is 0 Å². The van der Waals surface area contributed by atoms with Gasteiger partial charge in [-0.1, -0.05) is 5.21 Å². The van der Waals surface area contributed by atoms with E-state index in [1.165, 1.54) is 10.9 Å². The van der Waals surface area contributed by atoms with Crippen molar-refractivity contribution >= 4 is 5.91 Å². The molecule has 134 valence electrons. The molecule has 0 radical (unpaired) electrons. The summed E-state index contributed by atoms with van der Waals surface area (Å²) in [7, 11) is 0. The minimum atomic E-state index is -4.40. The molecule has 0 unspecified atom stereocenters. The second kappa shape index (κ2) is 7.06. The molecule has 10 heteroatoms. The summed E-state index contributed by atoms with van der Waals surface area (Å²) < 4.78 is 40.4. The second-order valence-electron chi connectivity index (χ2n) is 6.16. The van der Waals surface area contributed by atoms with E-state index in [4.69, 9.17) is 0 Å². The number of aromatic nitrogens is 3. The van der Waals surface area contributed by atoms with Crippen molar-refractivity contribution in [3.05, 3.63) is 11.9 Å². The lowest BCUT2D eigenvalue weighted by molar-refractivity contribution is -0.169. The van der Waals surface area contributed by atoms with Gasteiger partial charge in [-0.2, -0.15) is 13.2 Å².